The fourth-order valence-corrected chi connectivity index (χ4v) is 1.59. The highest BCUT2D eigenvalue weighted by Gasteiger charge is 2.11. The molecule has 0 aliphatic rings. The highest BCUT2D eigenvalue weighted by Crippen LogP contribution is 2.27. The first-order valence-corrected chi connectivity index (χ1v) is 5.33. The summed E-state index contributed by atoms with van der Waals surface area (Å²) in [4.78, 5) is 0. The van der Waals surface area contributed by atoms with Crippen molar-refractivity contribution in [1.29, 1.82) is 0 Å². The lowest BCUT2D eigenvalue weighted by Crippen LogP contribution is -2.04. The van der Waals surface area contributed by atoms with Crippen LogP contribution in [0.1, 0.15) is 38.7 Å². The molecule has 1 nitrogen and oxygen atoms in total. The molecule has 0 saturated carbocycles. The predicted octanol–water partition coefficient (Wildman–Crippen LogP) is 3.84. The van der Waals surface area contributed by atoms with Crippen LogP contribution in [0.5, 0.6) is 5.75 Å². The Bertz CT molecular complexity index is 263. The van der Waals surface area contributed by atoms with E-state index in [4.69, 9.17) is 4.74 Å². The van der Waals surface area contributed by atoms with Crippen molar-refractivity contribution in [2.24, 2.45) is 5.92 Å². The minimum atomic E-state index is 0.630. The molecule has 0 aliphatic heterocycles. The van der Waals surface area contributed by atoms with Crippen LogP contribution in [0, 0.1) is 5.92 Å². The maximum atomic E-state index is 5.14. The quantitative estimate of drug-likeness (QED) is 0.704. The normalized spacial score (nSPS) is 14.9. The fraction of sp³-hybridized carbons (Fsp3) is 0.538. The van der Waals surface area contributed by atoms with Crippen molar-refractivity contribution in [2.45, 2.75) is 33.1 Å². The summed E-state index contributed by atoms with van der Waals surface area (Å²) >= 11 is 0. The first kappa shape index (κ1) is 11.1. The second-order valence-electron chi connectivity index (χ2n) is 3.95. The Balaban J connectivity index is 2.75. The molecule has 1 aromatic carbocycles. The molecule has 0 radical (unpaired) electrons. The number of benzene rings is 1. The highest BCUT2D eigenvalue weighted by atomic mass is 16.5. The molecule has 2 atom stereocenters. The van der Waals surface area contributed by atoms with E-state index in [1.54, 1.807) is 7.11 Å². The van der Waals surface area contributed by atoms with Gasteiger partial charge in [0, 0.05) is 0 Å². The van der Waals surface area contributed by atoms with Crippen molar-refractivity contribution in [3.05, 3.63) is 29.8 Å². The van der Waals surface area contributed by atoms with Gasteiger partial charge in [0.15, 0.2) is 0 Å². The maximum absolute atomic E-state index is 5.14. The lowest BCUT2D eigenvalue weighted by Gasteiger charge is -2.18. The van der Waals surface area contributed by atoms with Gasteiger partial charge in [0.25, 0.3) is 0 Å². The Morgan fingerprint density at radius 2 is 1.71 bits per heavy atom. The molecule has 0 fully saturated rings. The van der Waals surface area contributed by atoms with E-state index < -0.39 is 0 Å². The number of rotatable bonds is 4. The van der Waals surface area contributed by atoms with Gasteiger partial charge in [0.05, 0.1) is 7.11 Å². The smallest absolute Gasteiger partial charge is 0.118 e. The van der Waals surface area contributed by atoms with Crippen molar-refractivity contribution in [2.75, 3.05) is 7.11 Å². The van der Waals surface area contributed by atoms with Gasteiger partial charge in [0.1, 0.15) is 5.75 Å². The standard InChI is InChI=1S/C13H20O/c1-5-10(2)11(3)12-6-8-13(14-4)9-7-12/h6-11H,5H2,1-4H3. The van der Waals surface area contributed by atoms with Crippen molar-refractivity contribution < 1.29 is 4.74 Å². The molecular weight excluding hydrogens is 172 g/mol. The molecule has 0 heterocycles. The van der Waals surface area contributed by atoms with Gasteiger partial charge < -0.3 is 4.74 Å². The Morgan fingerprint density at radius 1 is 1.14 bits per heavy atom. The number of hydrogen-bond acceptors (Lipinski definition) is 1. The molecule has 0 bridgehead atoms. The van der Waals surface area contributed by atoms with Crippen molar-refractivity contribution in [3.8, 4) is 5.75 Å². The van der Waals surface area contributed by atoms with Gasteiger partial charge in [0.2, 0.25) is 0 Å². The van der Waals surface area contributed by atoms with Gasteiger partial charge >= 0.3 is 0 Å². The summed E-state index contributed by atoms with van der Waals surface area (Å²) in [6.07, 6.45) is 1.23. The Morgan fingerprint density at radius 3 is 2.14 bits per heavy atom. The SMILES string of the molecule is CCC(C)C(C)c1ccc(OC)cc1. The van der Waals surface area contributed by atoms with E-state index in [1.807, 2.05) is 12.1 Å². The molecule has 1 heteroatoms. The molecule has 0 aromatic heterocycles. The summed E-state index contributed by atoms with van der Waals surface area (Å²) in [6.45, 7) is 6.83. The summed E-state index contributed by atoms with van der Waals surface area (Å²) in [7, 11) is 1.70. The van der Waals surface area contributed by atoms with Crippen molar-refractivity contribution >= 4 is 0 Å². The highest BCUT2D eigenvalue weighted by molar-refractivity contribution is 5.29. The average molecular weight is 192 g/mol. The van der Waals surface area contributed by atoms with Gasteiger partial charge in [-0.05, 0) is 29.5 Å². The molecule has 1 aromatic rings. The summed E-state index contributed by atoms with van der Waals surface area (Å²) in [5.74, 6) is 2.31. The first-order chi connectivity index (χ1) is 6.69. The van der Waals surface area contributed by atoms with Crippen LogP contribution in [-0.2, 0) is 0 Å². The van der Waals surface area contributed by atoms with E-state index in [1.165, 1.54) is 12.0 Å². The van der Waals surface area contributed by atoms with Gasteiger partial charge in [-0.25, -0.2) is 0 Å². The Labute approximate surface area is 87.1 Å². The zero-order valence-corrected chi connectivity index (χ0v) is 9.58. The third-order valence-electron chi connectivity index (χ3n) is 3.14. The van der Waals surface area contributed by atoms with Gasteiger partial charge in [-0.3, -0.25) is 0 Å². The minimum Gasteiger partial charge on any atom is -0.497 e. The number of methoxy groups -OCH3 is 1. The lowest BCUT2D eigenvalue weighted by atomic mass is 9.87. The molecule has 1 rings (SSSR count). The van der Waals surface area contributed by atoms with E-state index in [0.717, 1.165) is 11.7 Å². The zero-order chi connectivity index (χ0) is 10.6. The fourth-order valence-electron chi connectivity index (χ4n) is 1.59. The molecule has 0 saturated heterocycles. The predicted molar refractivity (Wildman–Crippen MR) is 60.9 cm³/mol. The Hall–Kier alpha value is -0.980. The van der Waals surface area contributed by atoms with E-state index in [2.05, 4.69) is 32.9 Å². The molecule has 14 heavy (non-hydrogen) atoms. The van der Waals surface area contributed by atoms with Crippen LogP contribution in [0.15, 0.2) is 24.3 Å². The third-order valence-corrected chi connectivity index (χ3v) is 3.14. The van der Waals surface area contributed by atoms with Crippen LogP contribution in [0.3, 0.4) is 0 Å². The van der Waals surface area contributed by atoms with Crippen LogP contribution in [0.25, 0.3) is 0 Å². The summed E-state index contributed by atoms with van der Waals surface area (Å²) in [5.41, 5.74) is 1.40. The largest absolute Gasteiger partial charge is 0.497 e. The van der Waals surface area contributed by atoms with Gasteiger partial charge in [-0.15, -0.1) is 0 Å². The third kappa shape index (κ3) is 2.50. The van der Waals surface area contributed by atoms with E-state index in [9.17, 15) is 0 Å². The monoisotopic (exact) mass is 192 g/mol. The maximum Gasteiger partial charge on any atom is 0.118 e. The topological polar surface area (TPSA) is 9.23 Å². The molecule has 2 unspecified atom stereocenters. The summed E-state index contributed by atoms with van der Waals surface area (Å²) in [5, 5.41) is 0. The minimum absolute atomic E-state index is 0.630. The molecule has 78 valence electrons. The van der Waals surface area contributed by atoms with Gasteiger partial charge in [-0.2, -0.15) is 0 Å². The summed E-state index contributed by atoms with van der Waals surface area (Å²) in [6, 6.07) is 8.40. The van der Waals surface area contributed by atoms with Gasteiger partial charge in [-0.1, -0.05) is 39.3 Å². The lowest BCUT2D eigenvalue weighted by molar-refractivity contribution is 0.414. The zero-order valence-electron chi connectivity index (χ0n) is 9.58. The molecule has 0 aliphatic carbocycles. The second kappa shape index (κ2) is 5.04. The first-order valence-electron chi connectivity index (χ1n) is 5.33. The average Bonchev–Trinajstić information content (AvgIpc) is 2.27. The molecule has 0 amide bonds. The van der Waals surface area contributed by atoms with Crippen molar-refractivity contribution in [3.63, 3.8) is 0 Å². The van der Waals surface area contributed by atoms with Crippen molar-refractivity contribution in [1.82, 2.24) is 0 Å². The second-order valence-corrected chi connectivity index (χ2v) is 3.95. The molecule has 0 N–H and O–H groups in total. The number of hydrogen-bond donors (Lipinski definition) is 0. The molecule has 0 spiro atoms. The van der Waals surface area contributed by atoms with Crippen LogP contribution < -0.4 is 4.74 Å². The van der Waals surface area contributed by atoms with E-state index >= 15 is 0 Å². The van der Waals surface area contributed by atoms with E-state index in [-0.39, 0.29) is 0 Å². The van der Waals surface area contributed by atoms with Crippen LogP contribution in [0.2, 0.25) is 0 Å². The van der Waals surface area contributed by atoms with Crippen LogP contribution >= 0.6 is 0 Å². The van der Waals surface area contributed by atoms with Crippen LogP contribution in [0.4, 0.5) is 0 Å². The summed E-state index contributed by atoms with van der Waals surface area (Å²) < 4.78 is 5.14. The van der Waals surface area contributed by atoms with Crippen LogP contribution in [-0.4, -0.2) is 7.11 Å². The Kier molecular flexibility index (Phi) is 3.99. The van der Waals surface area contributed by atoms with E-state index in [0.29, 0.717) is 5.92 Å². The molecular formula is C13H20O. The number of ether oxygens (including phenoxy) is 1.